The first-order valence-electron chi connectivity index (χ1n) is 3.96. The minimum absolute atomic E-state index is 0.0145. The van der Waals surface area contributed by atoms with E-state index in [0.29, 0.717) is 0 Å². The van der Waals surface area contributed by atoms with Gasteiger partial charge in [-0.2, -0.15) is 0 Å². The zero-order valence-corrected chi connectivity index (χ0v) is 7.91. The molecule has 1 saturated heterocycles. The van der Waals surface area contributed by atoms with Crippen LogP contribution >= 0.6 is 0 Å². The van der Waals surface area contributed by atoms with Crippen LogP contribution in [0.15, 0.2) is 24.3 Å². The molecule has 1 heteroatoms. The number of nitrogens with one attached hydrogen (secondary N) is 1. The van der Waals surface area contributed by atoms with E-state index in [1.807, 2.05) is 0 Å². The van der Waals surface area contributed by atoms with Gasteiger partial charge >= 0.3 is 0 Å². The molecule has 0 unspecified atom stereocenters. The second-order valence-corrected chi connectivity index (χ2v) is 4.33. The number of hydrogen-bond acceptors (Lipinski definition) is 1. The Bertz CT molecular complexity index is 197. The minimum atomic E-state index is 0.0145. The van der Waals surface area contributed by atoms with Gasteiger partial charge in [0.05, 0.1) is 0 Å². The van der Waals surface area contributed by atoms with Crippen LogP contribution in [0.4, 0.5) is 0 Å². The molecule has 0 bridgehead atoms. The second-order valence-electron chi connectivity index (χ2n) is 4.33. The highest BCUT2D eigenvalue weighted by Gasteiger charge is 2.41. The van der Waals surface area contributed by atoms with Gasteiger partial charge in [0.25, 0.3) is 0 Å². The molecule has 0 saturated carbocycles. The molecule has 1 rings (SSSR count). The fourth-order valence-electron chi connectivity index (χ4n) is 1.69. The molecule has 1 N–H and O–H groups in total. The Morgan fingerprint density at radius 3 is 1.27 bits per heavy atom. The van der Waals surface area contributed by atoms with Crippen molar-refractivity contribution < 1.29 is 0 Å². The lowest BCUT2D eigenvalue weighted by atomic mass is 9.91. The highest BCUT2D eigenvalue weighted by Crippen LogP contribution is 2.37. The van der Waals surface area contributed by atoms with E-state index in [-0.39, 0.29) is 11.1 Å². The standard InChI is InChI=1S/C10H17N/c1-7-8(2)10(5,6)11-9(7,3)4/h11H,1-2H2,3-6H3. The van der Waals surface area contributed by atoms with E-state index < -0.39 is 0 Å². The molecule has 1 aliphatic rings. The molecule has 1 nitrogen and oxygen atoms in total. The fourth-order valence-corrected chi connectivity index (χ4v) is 1.69. The summed E-state index contributed by atoms with van der Waals surface area (Å²) in [5, 5.41) is 3.47. The van der Waals surface area contributed by atoms with E-state index >= 15 is 0 Å². The zero-order valence-electron chi connectivity index (χ0n) is 7.91. The maximum atomic E-state index is 4.02. The van der Waals surface area contributed by atoms with E-state index in [1.54, 1.807) is 0 Å². The van der Waals surface area contributed by atoms with Crippen LogP contribution in [0.5, 0.6) is 0 Å². The fraction of sp³-hybridized carbons (Fsp3) is 0.600. The van der Waals surface area contributed by atoms with Gasteiger partial charge in [0.1, 0.15) is 0 Å². The summed E-state index contributed by atoms with van der Waals surface area (Å²) in [6.07, 6.45) is 0. The molecule has 0 aromatic rings. The maximum Gasteiger partial charge on any atom is 0.0382 e. The molecule has 0 aromatic heterocycles. The van der Waals surface area contributed by atoms with Crippen LogP contribution in [0.2, 0.25) is 0 Å². The summed E-state index contributed by atoms with van der Waals surface area (Å²) in [4.78, 5) is 0. The SMILES string of the molecule is C=C1C(=C)C(C)(C)NC1(C)C. The highest BCUT2D eigenvalue weighted by molar-refractivity contribution is 5.47. The summed E-state index contributed by atoms with van der Waals surface area (Å²) >= 11 is 0. The van der Waals surface area contributed by atoms with Gasteiger partial charge < -0.3 is 0 Å². The molecule has 0 radical (unpaired) electrons. The average molecular weight is 151 g/mol. The lowest BCUT2D eigenvalue weighted by Gasteiger charge is -2.24. The maximum absolute atomic E-state index is 4.02. The van der Waals surface area contributed by atoms with Gasteiger partial charge in [0.15, 0.2) is 0 Å². The third-order valence-electron chi connectivity index (χ3n) is 2.50. The van der Waals surface area contributed by atoms with Crippen molar-refractivity contribution in [2.24, 2.45) is 0 Å². The van der Waals surface area contributed by atoms with Crippen LogP contribution in [0.3, 0.4) is 0 Å². The largest absolute Gasteiger partial charge is 0.299 e. The van der Waals surface area contributed by atoms with Crippen molar-refractivity contribution in [2.75, 3.05) is 0 Å². The van der Waals surface area contributed by atoms with E-state index in [0.717, 1.165) is 11.1 Å². The molecule has 1 fully saturated rings. The second kappa shape index (κ2) is 1.98. The van der Waals surface area contributed by atoms with Gasteiger partial charge in [-0.1, -0.05) is 13.2 Å². The van der Waals surface area contributed by atoms with Gasteiger partial charge in [-0.05, 0) is 38.8 Å². The van der Waals surface area contributed by atoms with Crippen molar-refractivity contribution >= 4 is 0 Å². The van der Waals surface area contributed by atoms with E-state index in [1.165, 1.54) is 0 Å². The highest BCUT2D eigenvalue weighted by atomic mass is 15.1. The van der Waals surface area contributed by atoms with Gasteiger partial charge in [0.2, 0.25) is 0 Å². The molecular weight excluding hydrogens is 134 g/mol. The molecule has 0 atom stereocenters. The van der Waals surface area contributed by atoms with Crippen molar-refractivity contribution in [3.8, 4) is 0 Å². The third kappa shape index (κ3) is 1.14. The lowest BCUT2D eigenvalue weighted by molar-refractivity contribution is 0.401. The topological polar surface area (TPSA) is 12.0 Å². The van der Waals surface area contributed by atoms with Crippen LogP contribution in [-0.2, 0) is 0 Å². The predicted molar refractivity (Wildman–Crippen MR) is 49.6 cm³/mol. The van der Waals surface area contributed by atoms with E-state index in [9.17, 15) is 0 Å². The van der Waals surface area contributed by atoms with Crippen molar-refractivity contribution in [1.82, 2.24) is 5.32 Å². The predicted octanol–water partition coefficient (Wildman–Crippen LogP) is 2.26. The Labute approximate surface area is 69.2 Å². The third-order valence-corrected chi connectivity index (χ3v) is 2.50. The van der Waals surface area contributed by atoms with E-state index in [4.69, 9.17) is 0 Å². The lowest BCUT2D eigenvalue weighted by Crippen LogP contribution is -2.43. The van der Waals surface area contributed by atoms with Crippen molar-refractivity contribution in [2.45, 2.75) is 38.8 Å². The summed E-state index contributed by atoms with van der Waals surface area (Å²) < 4.78 is 0. The van der Waals surface area contributed by atoms with Crippen molar-refractivity contribution in [3.63, 3.8) is 0 Å². The van der Waals surface area contributed by atoms with Crippen LogP contribution in [0.1, 0.15) is 27.7 Å². The zero-order chi connectivity index (χ0) is 8.86. The van der Waals surface area contributed by atoms with Gasteiger partial charge in [-0.15, -0.1) is 0 Å². The number of hydrogen-bond donors (Lipinski definition) is 1. The summed E-state index contributed by atoms with van der Waals surface area (Å²) in [5.74, 6) is 0. The molecular formula is C10H17N. The van der Waals surface area contributed by atoms with Crippen LogP contribution in [0, 0.1) is 0 Å². The Morgan fingerprint density at radius 1 is 0.909 bits per heavy atom. The Hall–Kier alpha value is -0.560. The summed E-state index contributed by atoms with van der Waals surface area (Å²) in [5.41, 5.74) is 2.28. The number of rotatable bonds is 0. The van der Waals surface area contributed by atoms with Crippen molar-refractivity contribution in [3.05, 3.63) is 24.3 Å². The molecule has 62 valence electrons. The summed E-state index contributed by atoms with van der Waals surface area (Å²) in [6.45, 7) is 16.6. The first kappa shape index (κ1) is 8.54. The monoisotopic (exact) mass is 151 g/mol. The first-order chi connectivity index (χ1) is 4.77. The molecule has 1 heterocycles. The molecule has 1 aliphatic heterocycles. The van der Waals surface area contributed by atoms with Crippen LogP contribution < -0.4 is 5.32 Å². The van der Waals surface area contributed by atoms with Gasteiger partial charge in [-0.25, -0.2) is 0 Å². The molecule has 0 amide bonds. The average Bonchev–Trinajstić information content (AvgIpc) is 1.91. The molecule has 11 heavy (non-hydrogen) atoms. The van der Waals surface area contributed by atoms with Crippen LogP contribution in [-0.4, -0.2) is 11.1 Å². The molecule has 0 spiro atoms. The first-order valence-corrected chi connectivity index (χ1v) is 3.96. The quantitative estimate of drug-likeness (QED) is 0.560. The Balaban J connectivity index is 3.06. The normalized spacial score (nSPS) is 27.6. The minimum Gasteiger partial charge on any atom is -0.299 e. The Morgan fingerprint density at radius 2 is 1.18 bits per heavy atom. The van der Waals surface area contributed by atoms with Gasteiger partial charge in [0, 0.05) is 11.1 Å². The van der Waals surface area contributed by atoms with Gasteiger partial charge in [-0.3, -0.25) is 5.32 Å². The van der Waals surface area contributed by atoms with Crippen LogP contribution in [0.25, 0.3) is 0 Å². The smallest absolute Gasteiger partial charge is 0.0382 e. The summed E-state index contributed by atoms with van der Waals surface area (Å²) in [7, 11) is 0. The summed E-state index contributed by atoms with van der Waals surface area (Å²) in [6, 6.07) is 0. The van der Waals surface area contributed by atoms with E-state index in [2.05, 4.69) is 46.2 Å². The molecule has 0 aliphatic carbocycles. The Kier molecular flexibility index (Phi) is 1.53. The molecule has 0 aromatic carbocycles. The van der Waals surface area contributed by atoms with Crippen molar-refractivity contribution in [1.29, 1.82) is 0 Å².